The monoisotopic (exact) mass is 386 g/mol. The molecule has 1 aromatic carbocycles. The highest BCUT2D eigenvalue weighted by molar-refractivity contribution is 5.95. The molecule has 7 nitrogen and oxygen atoms in total. The zero-order valence-electron chi connectivity index (χ0n) is 16.6. The van der Waals surface area contributed by atoms with Gasteiger partial charge in [0, 0.05) is 49.8 Å². The van der Waals surface area contributed by atoms with Crippen LogP contribution in [-0.4, -0.2) is 82.1 Å². The van der Waals surface area contributed by atoms with Gasteiger partial charge in [-0.05, 0) is 19.4 Å². The van der Waals surface area contributed by atoms with E-state index in [0.29, 0.717) is 25.3 Å². The van der Waals surface area contributed by atoms with Gasteiger partial charge in [0.15, 0.2) is 0 Å². The van der Waals surface area contributed by atoms with Crippen molar-refractivity contribution >= 4 is 5.91 Å². The van der Waals surface area contributed by atoms with Crippen molar-refractivity contribution in [2.24, 2.45) is 11.8 Å². The molecule has 0 saturated carbocycles. The van der Waals surface area contributed by atoms with Gasteiger partial charge in [-0.1, -0.05) is 37.3 Å². The molecular weight excluding hydrogens is 356 g/mol. The Hall–Kier alpha value is -2.22. The third-order valence-corrected chi connectivity index (χ3v) is 5.73. The fraction of sp³-hybridized carbons (Fsp3) is 0.524. The maximum atomic E-state index is 13.1. The molecule has 152 valence electrons. The zero-order chi connectivity index (χ0) is 20.1. The van der Waals surface area contributed by atoms with E-state index in [0.717, 1.165) is 29.9 Å². The summed E-state index contributed by atoms with van der Waals surface area (Å²) in [7, 11) is 0. The van der Waals surface area contributed by atoms with Crippen LogP contribution < -0.4 is 0 Å². The standard InChI is InChI=1S/C21H30N4O3/c1-3-24(9-10-26)11-17-12-25(13-18(17)14-27)21(28)20-15(2)19(22-23-20)16-7-5-4-6-8-16/h4-8,17-18,26-27H,3,9-14H2,1-2H3,(H,22,23)/t17-,18-/m1/s1. The van der Waals surface area contributed by atoms with E-state index in [4.69, 9.17) is 0 Å². The topological polar surface area (TPSA) is 92.7 Å². The highest BCUT2D eigenvalue weighted by Gasteiger charge is 2.37. The molecule has 28 heavy (non-hydrogen) atoms. The fourth-order valence-corrected chi connectivity index (χ4v) is 4.01. The molecule has 1 aliphatic heterocycles. The molecule has 2 atom stereocenters. The molecule has 0 bridgehead atoms. The lowest BCUT2D eigenvalue weighted by Gasteiger charge is -2.25. The summed E-state index contributed by atoms with van der Waals surface area (Å²) < 4.78 is 0. The number of amides is 1. The van der Waals surface area contributed by atoms with Crippen molar-refractivity contribution in [3.05, 3.63) is 41.6 Å². The van der Waals surface area contributed by atoms with Crippen LogP contribution in [0.4, 0.5) is 0 Å². The van der Waals surface area contributed by atoms with E-state index in [1.54, 1.807) is 0 Å². The average Bonchev–Trinajstić information content (AvgIpc) is 3.31. The molecule has 3 rings (SSSR count). The van der Waals surface area contributed by atoms with Gasteiger partial charge >= 0.3 is 0 Å². The maximum Gasteiger partial charge on any atom is 0.272 e. The molecule has 0 unspecified atom stereocenters. The Kier molecular flexibility index (Phi) is 6.83. The quantitative estimate of drug-likeness (QED) is 0.637. The SMILES string of the molecule is CCN(CCO)C[C@@H]1CN(C(=O)c2[nH]nc(-c3ccccc3)c2C)C[C@@H]1CO. The Bertz CT molecular complexity index is 777. The van der Waals surface area contributed by atoms with Crippen LogP contribution in [0.3, 0.4) is 0 Å². The van der Waals surface area contributed by atoms with E-state index in [2.05, 4.69) is 22.0 Å². The molecule has 0 aliphatic carbocycles. The number of aliphatic hydroxyl groups excluding tert-OH is 2. The first-order valence-corrected chi connectivity index (χ1v) is 9.92. The molecule has 2 aromatic rings. The first kappa shape index (κ1) is 20.5. The molecule has 7 heteroatoms. The summed E-state index contributed by atoms with van der Waals surface area (Å²) in [6, 6.07) is 9.81. The molecule has 0 radical (unpaired) electrons. The van der Waals surface area contributed by atoms with Crippen molar-refractivity contribution in [1.29, 1.82) is 0 Å². The van der Waals surface area contributed by atoms with E-state index in [-0.39, 0.29) is 31.0 Å². The van der Waals surface area contributed by atoms with Crippen LogP contribution in [-0.2, 0) is 0 Å². The summed E-state index contributed by atoms with van der Waals surface area (Å²) in [6.07, 6.45) is 0. The van der Waals surface area contributed by atoms with E-state index in [1.807, 2.05) is 42.2 Å². The first-order chi connectivity index (χ1) is 13.6. The summed E-state index contributed by atoms with van der Waals surface area (Å²) in [5.41, 5.74) is 3.12. The number of carbonyl (C=O) groups is 1. The molecule has 2 heterocycles. The van der Waals surface area contributed by atoms with Crippen molar-refractivity contribution in [3.63, 3.8) is 0 Å². The number of benzene rings is 1. The number of H-pyrrole nitrogens is 1. The minimum absolute atomic E-state index is 0.0496. The third-order valence-electron chi connectivity index (χ3n) is 5.73. The minimum Gasteiger partial charge on any atom is -0.396 e. The third kappa shape index (κ3) is 4.27. The number of nitrogens with one attached hydrogen (secondary N) is 1. The van der Waals surface area contributed by atoms with E-state index in [1.165, 1.54) is 0 Å². The summed E-state index contributed by atoms with van der Waals surface area (Å²) in [5, 5.41) is 26.3. The summed E-state index contributed by atoms with van der Waals surface area (Å²) in [4.78, 5) is 17.1. The molecule has 0 spiro atoms. The molecule has 1 aromatic heterocycles. The maximum absolute atomic E-state index is 13.1. The van der Waals surface area contributed by atoms with E-state index in [9.17, 15) is 15.0 Å². The first-order valence-electron chi connectivity index (χ1n) is 9.92. The van der Waals surface area contributed by atoms with Gasteiger partial charge < -0.3 is 20.0 Å². The number of carbonyl (C=O) groups excluding carboxylic acids is 1. The number of nitrogens with zero attached hydrogens (tertiary/aromatic N) is 3. The van der Waals surface area contributed by atoms with Crippen molar-refractivity contribution in [1.82, 2.24) is 20.0 Å². The number of likely N-dealkylation sites (N-methyl/N-ethyl adjacent to an activating group) is 1. The molecule has 1 amide bonds. The van der Waals surface area contributed by atoms with Gasteiger partial charge in [-0.15, -0.1) is 0 Å². The van der Waals surface area contributed by atoms with Crippen molar-refractivity contribution in [2.75, 3.05) is 45.9 Å². The molecule has 3 N–H and O–H groups in total. The van der Waals surface area contributed by atoms with Crippen molar-refractivity contribution < 1.29 is 15.0 Å². The lowest BCUT2D eigenvalue weighted by Crippen LogP contribution is -2.36. The summed E-state index contributed by atoms with van der Waals surface area (Å²) in [5.74, 6) is 0.170. The fourth-order valence-electron chi connectivity index (χ4n) is 4.01. The number of aliphatic hydroxyl groups is 2. The normalized spacial score (nSPS) is 19.5. The Balaban J connectivity index is 1.74. The highest BCUT2D eigenvalue weighted by atomic mass is 16.3. The van der Waals surface area contributed by atoms with E-state index >= 15 is 0 Å². The van der Waals surface area contributed by atoms with Gasteiger partial charge in [-0.25, -0.2) is 0 Å². The Morgan fingerprint density at radius 3 is 2.61 bits per heavy atom. The number of likely N-dealkylation sites (tertiary alicyclic amines) is 1. The Morgan fingerprint density at radius 2 is 1.96 bits per heavy atom. The highest BCUT2D eigenvalue weighted by Crippen LogP contribution is 2.28. The van der Waals surface area contributed by atoms with Crippen LogP contribution >= 0.6 is 0 Å². The molecule has 1 aliphatic rings. The number of aromatic amines is 1. The second-order valence-corrected chi connectivity index (χ2v) is 7.47. The molecule has 1 saturated heterocycles. The van der Waals surface area contributed by atoms with Crippen LogP contribution in [0.15, 0.2) is 30.3 Å². The van der Waals surface area contributed by atoms with Gasteiger partial charge in [-0.3, -0.25) is 9.89 Å². The van der Waals surface area contributed by atoms with E-state index < -0.39 is 0 Å². The van der Waals surface area contributed by atoms with Crippen molar-refractivity contribution in [3.8, 4) is 11.3 Å². The van der Waals surface area contributed by atoms with Crippen LogP contribution in [0, 0.1) is 18.8 Å². The summed E-state index contributed by atoms with van der Waals surface area (Å²) >= 11 is 0. The van der Waals surface area contributed by atoms with Crippen LogP contribution in [0.25, 0.3) is 11.3 Å². The van der Waals surface area contributed by atoms with Crippen LogP contribution in [0.1, 0.15) is 23.0 Å². The average molecular weight is 386 g/mol. The second-order valence-electron chi connectivity index (χ2n) is 7.47. The number of aromatic nitrogens is 2. The number of rotatable bonds is 8. The van der Waals surface area contributed by atoms with Crippen LogP contribution in [0.5, 0.6) is 0 Å². The largest absolute Gasteiger partial charge is 0.396 e. The van der Waals surface area contributed by atoms with Crippen molar-refractivity contribution in [2.45, 2.75) is 13.8 Å². The van der Waals surface area contributed by atoms with Gasteiger partial charge in [-0.2, -0.15) is 5.10 Å². The molecule has 1 fully saturated rings. The van der Waals surface area contributed by atoms with Gasteiger partial charge in [0.1, 0.15) is 5.69 Å². The molecular formula is C21H30N4O3. The number of hydrogen-bond donors (Lipinski definition) is 3. The lowest BCUT2D eigenvalue weighted by molar-refractivity contribution is 0.0772. The van der Waals surface area contributed by atoms with Gasteiger partial charge in [0.05, 0.1) is 12.3 Å². The predicted octanol–water partition coefficient (Wildman–Crippen LogP) is 1.38. The van der Waals surface area contributed by atoms with Crippen LogP contribution in [0.2, 0.25) is 0 Å². The Labute approximate surface area is 166 Å². The summed E-state index contributed by atoms with van der Waals surface area (Å²) in [6.45, 7) is 7.49. The minimum atomic E-state index is -0.0710. The van der Waals surface area contributed by atoms with Gasteiger partial charge in [0.2, 0.25) is 0 Å². The number of hydrogen-bond acceptors (Lipinski definition) is 5. The lowest BCUT2D eigenvalue weighted by atomic mass is 9.96. The Morgan fingerprint density at radius 1 is 1.25 bits per heavy atom. The zero-order valence-corrected chi connectivity index (χ0v) is 16.6. The predicted molar refractivity (Wildman–Crippen MR) is 108 cm³/mol. The van der Waals surface area contributed by atoms with Gasteiger partial charge in [0.25, 0.3) is 5.91 Å². The smallest absolute Gasteiger partial charge is 0.272 e. The second kappa shape index (κ2) is 9.32.